The summed E-state index contributed by atoms with van der Waals surface area (Å²) in [5.41, 5.74) is 0.636. The molecule has 0 fully saturated rings. The molecular weight excluding hydrogens is 409 g/mol. The number of hydrogen-bond donors (Lipinski definition) is 1. The maximum absolute atomic E-state index is 14.0. The van der Waals surface area contributed by atoms with Crippen LogP contribution in [0.15, 0.2) is 24.3 Å². The van der Waals surface area contributed by atoms with E-state index < -0.39 is 47.4 Å². The molecule has 2 heterocycles. The summed E-state index contributed by atoms with van der Waals surface area (Å²) in [5.74, 6) is -5.04. The zero-order chi connectivity index (χ0) is 20.9. The van der Waals surface area contributed by atoms with Crippen molar-refractivity contribution in [3.63, 3.8) is 0 Å². The summed E-state index contributed by atoms with van der Waals surface area (Å²) in [6.45, 7) is 1.57. The maximum Gasteiger partial charge on any atom is 0.307 e. The number of carbonyl (C=O) groups is 2. The molecule has 10 heteroatoms. The van der Waals surface area contributed by atoms with Gasteiger partial charge < -0.3 is 9.84 Å². The fourth-order valence-electron chi connectivity index (χ4n) is 3.17. The third-order valence-electron chi connectivity index (χ3n) is 4.50. The number of carboxylic acid groups (broad SMARTS) is 1. The second-order valence-corrected chi connectivity index (χ2v) is 7.58. The Morgan fingerprint density at radius 1 is 1.31 bits per heavy atom. The van der Waals surface area contributed by atoms with Crippen LogP contribution in [-0.2, 0) is 16.1 Å². The van der Waals surface area contributed by atoms with E-state index in [4.69, 9.17) is 9.84 Å². The maximum atomic E-state index is 14.0. The van der Waals surface area contributed by atoms with E-state index in [2.05, 4.69) is 4.98 Å². The Morgan fingerprint density at radius 2 is 2.07 bits per heavy atom. The number of aryl methyl sites for hydroxylation is 1. The molecular formula is C19H13F3N2O4S. The number of rotatable bonds is 4. The highest BCUT2D eigenvalue weighted by atomic mass is 32.1. The number of carbonyl (C=O) groups excluding carboxylic acids is 1. The number of fused-ring (bicyclic) bond motifs is 2. The molecule has 3 aromatic rings. The first kappa shape index (κ1) is 19.2. The monoisotopic (exact) mass is 422 g/mol. The summed E-state index contributed by atoms with van der Waals surface area (Å²) in [6.07, 6.45) is -1.79. The minimum atomic E-state index is -1.35. The minimum absolute atomic E-state index is 0.161. The fraction of sp³-hybridized carbons (Fsp3) is 0.211. The summed E-state index contributed by atoms with van der Waals surface area (Å²) >= 11 is 0.793. The van der Waals surface area contributed by atoms with Crippen LogP contribution in [0.4, 0.5) is 18.9 Å². The molecule has 4 rings (SSSR count). The Morgan fingerprint density at radius 3 is 2.79 bits per heavy atom. The molecule has 0 bridgehead atoms. The van der Waals surface area contributed by atoms with E-state index in [0.29, 0.717) is 23.1 Å². The Bertz CT molecular complexity index is 1160. The molecule has 29 heavy (non-hydrogen) atoms. The Hall–Kier alpha value is -3.14. The van der Waals surface area contributed by atoms with Crippen molar-refractivity contribution in [1.29, 1.82) is 0 Å². The average molecular weight is 422 g/mol. The predicted octanol–water partition coefficient (Wildman–Crippen LogP) is 3.79. The van der Waals surface area contributed by atoms with Crippen molar-refractivity contribution in [2.45, 2.75) is 26.0 Å². The van der Waals surface area contributed by atoms with E-state index >= 15 is 0 Å². The number of thiazole rings is 1. The molecule has 0 saturated carbocycles. The molecule has 1 unspecified atom stereocenters. The minimum Gasteiger partial charge on any atom is -0.481 e. The number of hydrogen-bond acceptors (Lipinski definition) is 5. The average Bonchev–Trinajstić information content (AvgIpc) is 3.08. The van der Waals surface area contributed by atoms with Gasteiger partial charge in [-0.05, 0) is 18.6 Å². The van der Waals surface area contributed by atoms with Crippen molar-refractivity contribution in [3.8, 4) is 5.75 Å². The van der Waals surface area contributed by atoms with Crippen LogP contribution in [0.2, 0.25) is 0 Å². The van der Waals surface area contributed by atoms with Crippen LogP contribution >= 0.6 is 11.3 Å². The first-order chi connectivity index (χ1) is 13.8. The van der Waals surface area contributed by atoms with Gasteiger partial charge in [-0.25, -0.2) is 18.2 Å². The van der Waals surface area contributed by atoms with Gasteiger partial charge in [0, 0.05) is 6.07 Å². The molecule has 1 atom stereocenters. The quantitative estimate of drug-likeness (QED) is 0.647. The first-order valence-corrected chi connectivity index (χ1v) is 9.30. The summed E-state index contributed by atoms with van der Waals surface area (Å²) in [5, 5.41) is 9.25. The highest BCUT2D eigenvalue weighted by molar-refractivity contribution is 7.18. The number of ether oxygens (including phenoxy) is 1. The molecule has 6 nitrogen and oxygen atoms in total. The van der Waals surface area contributed by atoms with Gasteiger partial charge in [0.05, 0.1) is 23.4 Å². The predicted molar refractivity (Wildman–Crippen MR) is 98.5 cm³/mol. The smallest absolute Gasteiger partial charge is 0.307 e. The highest BCUT2D eigenvalue weighted by Gasteiger charge is 2.37. The van der Waals surface area contributed by atoms with Crippen molar-refractivity contribution in [3.05, 3.63) is 52.3 Å². The summed E-state index contributed by atoms with van der Waals surface area (Å²) in [6, 6.07) is 5.50. The van der Waals surface area contributed by atoms with Crippen LogP contribution in [0.5, 0.6) is 5.75 Å². The van der Waals surface area contributed by atoms with Gasteiger partial charge >= 0.3 is 5.97 Å². The lowest BCUT2D eigenvalue weighted by Gasteiger charge is -2.34. The van der Waals surface area contributed by atoms with E-state index in [0.717, 1.165) is 11.3 Å². The number of nitrogens with zero attached hydrogens (tertiary/aromatic N) is 2. The van der Waals surface area contributed by atoms with E-state index in [1.807, 2.05) is 0 Å². The Labute approximate surface area is 166 Å². The highest BCUT2D eigenvalue weighted by Crippen LogP contribution is 2.39. The molecule has 1 aromatic heterocycles. The fourth-order valence-corrected chi connectivity index (χ4v) is 4.12. The SMILES string of the molecule is Cc1cccc2c1OC(CC(=O)O)C(=O)N2Cc1nc2c(F)c(F)cc(F)c2s1. The Balaban J connectivity index is 1.77. The van der Waals surface area contributed by atoms with Crippen LogP contribution in [0.1, 0.15) is 17.0 Å². The zero-order valence-electron chi connectivity index (χ0n) is 14.9. The van der Waals surface area contributed by atoms with E-state index in [9.17, 15) is 22.8 Å². The third kappa shape index (κ3) is 3.29. The number of anilines is 1. The van der Waals surface area contributed by atoms with Gasteiger partial charge in [0.1, 0.15) is 22.1 Å². The summed E-state index contributed by atoms with van der Waals surface area (Å²) < 4.78 is 46.9. The normalized spacial score (nSPS) is 16.1. The van der Waals surface area contributed by atoms with Gasteiger partial charge in [-0.15, -0.1) is 11.3 Å². The molecule has 0 spiro atoms. The zero-order valence-corrected chi connectivity index (χ0v) is 15.7. The lowest BCUT2D eigenvalue weighted by Crippen LogP contribution is -2.46. The molecule has 1 aliphatic heterocycles. The van der Waals surface area contributed by atoms with Gasteiger partial charge in [-0.1, -0.05) is 12.1 Å². The van der Waals surface area contributed by atoms with Gasteiger partial charge in [-0.2, -0.15) is 0 Å². The van der Waals surface area contributed by atoms with Crippen molar-refractivity contribution in [2.24, 2.45) is 0 Å². The lowest BCUT2D eigenvalue weighted by molar-refractivity contribution is -0.142. The molecule has 150 valence electrons. The van der Waals surface area contributed by atoms with Crippen molar-refractivity contribution < 1.29 is 32.6 Å². The number of carboxylic acids is 1. The molecule has 1 aliphatic rings. The largest absolute Gasteiger partial charge is 0.481 e. The number of para-hydroxylation sites is 1. The topological polar surface area (TPSA) is 79.7 Å². The van der Waals surface area contributed by atoms with Gasteiger partial charge in [0.2, 0.25) is 0 Å². The van der Waals surface area contributed by atoms with E-state index in [-0.39, 0.29) is 16.3 Å². The summed E-state index contributed by atoms with van der Waals surface area (Å²) in [7, 11) is 0. The number of aromatic nitrogens is 1. The second kappa shape index (κ2) is 7.03. The van der Waals surface area contributed by atoms with Crippen LogP contribution in [0, 0.1) is 24.4 Å². The second-order valence-electron chi connectivity index (χ2n) is 6.49. The van der Waals surface area contributed by atoms with Crippen molar-refractivity contribution in [2.75, 3.05) is 4.90 Å². The first-order valence-electron chi connectivity index (χ1n) is 8.48. The number of aliphatic carboxylic acids is 1. The number of halogens is 3. The van der Waals surface area contributed by atoms with E-state index in [1.54, 1.807) is 25.1 Å². The van der Waals surface area contributed by atoms with Crippen LogP contribution < -0.4 is 9.64 Å². The van der Waals surface area contributed by atoms with Gasteiger partial charge in [0.25, 0.3) is 5.91 Å². The standard InChI is InChI=1S/C19H13F3N2O4S/c1-8-3-2-4-11-17(8)28-12(6-14(25)26)19(27)24(11)7-13-23-16-15(22)9(20)5-10(21)18(16)29-13/h2-5,12H,6-7H2,1H3,(H,25,26). The van der Waals surface area contributed by atoms with E-state index in [1.165, 1.54) is 4.90 Å². The molecule has 2 aromatic carbocycles. The van der Waals surface area contributed by atoms with Crippen LogP contribution in [0.3, 0.4) is 0 Å². The third-order valence-corrected chi connectivity index (χ3v) is 5.54. The number of amides is 1. The summed E-state index contributed by atoms with van der Waals surface area (Å²) in [4.78, 5) is 29.2. The van der Waals surface area contributed by atoms with Crippen LogP contribution in [0.25, 0.3) is 10.2 Å². The van der Waals surface area contributed by atoms with Crippen molar-refractivity contribution >= 4 is 39.1 Å². The molecule has 1 N–H and O–H groups in total. The van der Waals surface area contributed by atoms with Crippen molar-refractivity contribution in [1.82, 2.24) is 4.98 Å². The molecule has 1 amide bonds. The van der Waals surface area contributed by atoms with Crippen LogP contribution in [-0.4, -0.2) is 28.1 Å². The Kier molecular flexibility index (Phi) is 4.65. The number of benzene rings is 2. The molecule has 0 saturated heterocycles. The molecule has 0 aliphatic carbocycles. The lowest BCUT2D eigenvalue weighted by atomic mass is 10.1. The van der Waals surface area contributed by atoms with Gasteiger partial charge in [-0.3, -0.25) is 14.5 Å². The van der Waals surface area contributed by atoms with Gasteiger partial charge in [0.15, 0.2) is 17.7 Å². The molecule has 0 radical (unpaired) electrons.